The second-order valence-corrected chi connectivity index (χ2v) is 7.20. The average Bonchev–Trinajstić information content (AvgIpc) is 2.80. The molecule has 0 radical (unpaired) electrons. The fraction of sp³-hybridized carbons (Fsp3) is 0.160. The van der Waals surface area contributed by atoms with E-state index in [1.165, 1.54) is 12.1 Å². The normalized spacial score (nSPS) is 11.3. The lowest BCUT2D eigenvalue weighted by molar-refractivity contribution is -0.149. The van der Waals surface area contributed by atoms with Gasteiger partial charge in [-0.25, -0.2) is 9.18 Å². The molecule has 3 rings (SSSR count). The molecule has 0 aromatic heterocycles. The summed E-state index contributed by atoms with van der Waals surface area (Å²) in [7, 11) is 0. The molecule has 0 aliphatic heterocycles. The number of hydrogen-bond donors (Lipinski definition) is 2. The van der Waals surface area contributed by atoms with Crippen molar-refractivity contribution in [3.8, 4) is 0 Å². The van der Waals surface area contributed by atoms with Crippen LogP contribution >= 0.6 is 0 Å². The molecule has 0 unspecified atom stereocenters. The molecule has 0 bridgehead atoms. The third-order valence-electron chi connectivity index (χ3n) is 4.71. The van der Waals surface area contributed by atoms with E-state index in [0.29, 0.717) is 11.1 Å². The number of esters is 1. The van der Waals surface area contributed by atoms with Crippen molar-refractivity contribution in [3.05, 3.63) is 101 Å². The summed E-state index contributed by atoms with van der Waals surface area (Å²) in [4.78, 5) is 37.4. The van der Waals surface area contributed by atoms with Crippen molar-refractivity contribution in [2.45, 2.75) is 19.4 Å². The molecule has 1 atom stereocenters. The first-order valence-electron chi connectivity index (χ1n) is 10.0. The van der Waals surface area contributed by atoms with E-state index >= 15 is 0 Å². The van der Waals surface area contributed by atoms with Gasteiger partial charge in [-0.05, 0) is 42.3 Å². The monoisotopic (exact) mass is 434 g/mol. The first kappa shape index (κ1) is 22.7. The first-order valence-corrected chi connectivity index (χ1v) is 10.0. The van der Waals surface area contributed by atoms with E-state index in [1.54, 1.807) is 43.3 Å². The molecule has 7 heteroatoms. The van der Waals surface area contributed by atoms with Gasteiger partial charge in [0.15, 0.2) is 6.61 Å². The number of carbonyl (C=O) groups is 3. The predicted octanol–water partition coefficient (Wildman–Crippen LogP) is 3.66. The SMILES string of the molecule is Cc1ccc(NC(=O)COC(=O)[C@@H](Cc2ccccc2)NC(=O)c2ccccc2)cc1F. The number of hydrogen-bond acceptors (Lipinski definition) is 4. The van der Waals surface area contributed by atoms with Crippen LogP contribution in [0.5, 0.6) is 0 Å². The molecular formula is C25H23FN2O4. The Labute approximate surface area is 185 Å². The second kappa shape index (κ2) is 10.9. The van der Waals surface area contributed by atoms with Crippen molar-refractivity contribution in [1.29, 1.82) is 0 Å². The van der Waals surface area contributed by atoms with E-state index in [-0.39, 0.29) is 12.1 Å². The molecule has 0 spiro atoms. The minimum absolute atomic E-state index is 0.197. The van der Waals surface area contributed by atoms with Crippen LogP contribution in [0.2, 0.25) is 0 Å². The highest BCUT2D eigenvalue weighted by atomic mass is 19.1. The van der Waals surface area contributed by atoms with Crippen LogP contribution in [0.4, 0.5) is 10.1 Å². The topological polar surface area (TPSA) is 84.5 Å². The minimum atomic E-state index is -0.991. The van der Waals surface area contributed by atoms with Crippen molar-refractivity contribution in [2.75, 3.05) is 11.9 Å². The van der Waals surface area contributed by atoms with Gasteiger partial charge < -0.3 is 15.4 Å². The molecule has 0 saturated carbocycles. The molecule has 0 heterocycles. The van der Waals surface area contributed by atoms with Gasteiger partial charge in [0, 0.05) is 17.7 Å². The van der Waals surface area contributed by atoms with Gasteiger partial charge in [0.1, 0.15) is 11.9 Å². The van der Waals surface area contributed by atoms with E-state index in [0.717, 1.165) is 5.56 Å². The van der Waals surface area contributed by atoms with E-state index in [9.17, 15) is 18.8 Å². The molecule has 2 N–H and O–H groups in total. The molecule has 6 nitrogen and oxygen atoms in total. The van der Waals surface area contributed by atoms with Gasteiger partial charge in [-0.3, -0.25) is 9.59 Å². The highest BCUT2D eigenvalue weighted by Gasteiger charge is 2.24. The summed E-state index contributed by atoms with van der Waals surface area (Å²) >= 11 is 0. The van der Waals surface area contributed by atoms with Crippen molar-refractivity contribution in [3.63, 3.8) is 0 Å². The van der Waals surface area contributed by atoms with Crippen molar-refractivity contribution in [2.24, 2.45) is 0 Å². The lowest BCUT2D eigenvalue weighted by atomic mass is 10.1. The van der Waals surface area contributed by atoms with Gasteiger partial charge in [-0.2, -0.15) is 0 Å². The van der Waals surface area contributed by atoms with Crippen LogP contribution in [0, 0.1) is 12.7 Å². The lowest BCUT2D eigenvalue weighted by Crippen LogP contribution is -2.44. The number of amides is 2. The lowest BCUT2D eigenvalue weighted by Gasteiger charge is -2.18. The number of benzene rings is 3. The Kier molecular flexibility index (Phi) is 7.70. The van der Waals surface area contributed by atoms with Crippen LogP contribution in [-0.4, -0.2) is 30.4 Å². The molecular weight excluding hydrogens is 411 g/mol. The molecule has 3 aromatic rings. The third-order valence-corrected chi connectivity index (χ3v) is 4.71. The average molecular weight is 434 g/mol. The zero-order valence-corrected chi connectivity index (χ0v) is 17.5. The maximum absolute atomic E-state index is 13.6. The fourth-order valence-corrected chi connectivity index (χ4v) is 2.98. The number of nitrogens with one attached hydrogen (secondary N) is 2. The van der Waals surface area contributed by atoms with Crippen LogP contribution in [0.15, 0.2) is 78.9 Å². The summed E-state index contributed by atoms with van der Waals surface area (Å²) in [5.74, 6) is -2.24. The Morgan fingerprint density at radius 1 is 0.938 bits per heavy atom. The van der Waals surface area contributed by atoms with Crippen LogP contribution in [0.1, 0.15) is 21.5 Å². The Hall–Kier alpha value is -4.00. The summed E-state index contributed by atoms with van der Waals surface area (Å²) in [5.41, 5.74) is 1.93. The van der Waals surface area contributed by atoms with Gasteiger partial charge in [-0.1, -0.05) is 54.6 Å². The molecule has 3 aromatic carbocycles. The summed E-state index contributed by atoms with van der Waals surface area (Å²) < 4.78 is 18.8. The van der Waals surface area contributed by atoms with Gasteiger partial charge in [-0.15, -0.1) is 0 Å². The largest absolute Gasteiger partial charge is 0.454 e. The number of aryl methyl sites for hydroxylation is 1. The van der Waals surface area contributed by atoms with E-state index in [2.05, 4.69) is 10.6 Å². The van der Waals surface area contributed by atoms with Crippen molar-refractivity contribution in [1.82, 2.24) is 5.32 Å². The van der Waals surface area contributed by atoms with Crippen LogP contribution in [0.25, 0.3) is 0 Å². The number of halogens is 1. The quantitative estimate of drug-likeness (QED) is 0.530. The number of anilines is 1. The van der Waals surface area contributed by atoms with E-state index < -0.39 is 36.2 Å². The minimum Gasteiger partial charge on any atom is -0.454 e. The highest BCUT2D eigenvalue weighted by Crippen LogP contribution is 2.13. The van der Waals surface area contributed by atoms with Gasteiger partial charge in [0.25, 0.3) is 11.8 Å². The van der Waals surface area contributed by atoms with E-state index in [4.69, 9.17) is 4.74 Å². The summed E-state index contributed by atoms with van der Waals surface area (Å²) in [5, 5.41) is 5.15. The fourth-order valence-electron chi connectivity index (χ4n) is 2.98. The number of ether oxygens (including phenoxy) is 1. The molecule has 0 fully saturated rings. The highest BCUT2D eigenvalue weighted by molar-refractivity contribution is 5.97. The van der Waals surface area contributed by atoms with E-state index in [1.807, 2.05) is 30.3 Å². The number of rotatable bonds is 8. The predicted molar refractivity (Wildman–Crippen MR) is 119 cm³/mol. The van der Waals surface area contributed by atoms with Crippen molar-refractivity contribution >= 4 is 23.5 Å². The smallest absolute Gasteiger partial charge is 0.329 e. The molecule has 0 saturated heterocycles. The van der Waals surface area contributed by atoms with Crippen LogP contribution < -0.4 is 10.6 Å². The summed E-state index contributed by atoms with van der Waals surface area (Å²) in [6.45, 7) is 1.04. The van der Waals surface area contributed by atoms with Gasteiger partial charge >= 0.3 is 5.97 Å². The Morgan fingerprint density at radius 2 is 1.59 bits per heavy atom. The molecule has 164 valence electrons. The maximum atomic E-state index is 13.6. The first-order chi connectivity index (χ1) is 15.4. The van der Waals surface area contributed by atoms with Gasteiger partial charge in [0.2, 0.25) is 0 Å². The zero-order chi connectivity index (χ0) is 22.9. The van der Waals surface area contributed by atoms with Crippen LogP contribution in [-0.2, 0) is 20.7 Å². The Balaban J connectivity index is 1.63. The Morgan fingerprint density at radius 3 is 2.25 bits per heavy atom. The van der Waals surface area contributed by atoms with Gasteiger partial charge in [0.05, 0.1) is 0 Å². The Bertz CT molecular complexity index is 1090. The molecule has 0 aliphatic rings. The molecule has 2 amide bonds. The molecule has 32 heavy (non-hydrogen) atoms. The third kappa shape index (κ3) is 6.50. The summed E-state index contributed by atoms with van der Waals surface area (Å²) in [6, 6.07) is 20.9. The molecule has 0 aliphatic carbocycles. The number of carbonyl (C=O) groups excluding carboxylic acids is 3. The maximum Gasteiger partial charge on any atom is 0.329 e. The zero-order valence-electron chi connectivity index (χ0n) is 17.5. The van der Waals surface area contributed by atoms with Crippen molar-refractivity contribution < 1.29 is 23.5 Å². The van der Waals surface area contributed by atoms with Crippen LogP contribution in [0.3, 0.4) is 0 Å². The summed E-state index contributed by atoms with van der Waals surface area (Å²) in [6.07, 6.45) is 0.197. The standard InChI is InChI=1S/C25H23FN2O4/c1-17-12-13-20(15-21(17)26)27-23(29)16-32-25(31)22(14-18-8-4-2-5-9-18)28-24(30)19-10-6-3-7-11-19/h2-13,15,22H,14,16H2,1H3,(H,27,29)(H,28,30)/t22-/m1/s1. The second-order valence-electron chi connectivity index (χ2n) is 7.20.